The molecule has 4 saturated carbocycles. The minimum Gasteiger partial charge on any atom is -1.00 e. The van der Waals surface area contributed by atoms with Gasteiger partial charge in [0.15, 0.2) is 0 Å². The summed E-state index contributed by atoms with van der Waals surface area (Å²) in [5.41, 5.74) is 0.0741. The van der Waals surface area contributed by atoms with Gasteiger partial charge in [0, 0.05) is 26.2 Å². The molecular formula is C16H26ClN2O-. The lowest BCUT2D eigenvalue weighted by molar-refractivity contribution is -0.159. The predicted molar refractivity (Wildman–Crippen MR) is 74.7 cm³/mol. The van der Waals surface area contributed by atoms with Gasteiger partial charge >= 0.3 is 0 Å². The molecule has 1 saturated heterocycles. The molecule has 3 nitrogen and oxygen atoms in total. The molecule has 5 aliphatic rings. The van der Waals surface area contributed by atoms with Gasteiger partial charge in [0.25, 0.3) is 0 Å². The maximum atomic E-state index is 13.1. The average molecular weight is 298 g/mol. The molecule has 5 fully saturated rings. The fourth-order valence-corrected chi connectivity index (χ4v) is 5.72. The number of piperazine rings is 1. The summed E-state index contributed by atoms with van der Waals surface area (Å²) in [6, 6.07) is 0. The summed E-state index contributed by atoms with van der Waals surface area (Å²) in [6.45, 7) is 4.02. The highest BCUT2D eigenvalue weighted by molar-refractivity contribution is 5.83. The lowest BCUT2D eigenvalue weighted by atomic mass is 9.49. The Morgan fingerprint density at radius 3 is 1.80 bits per heavy atom. The van der Waals surface area contributed by atoms with Gasteiger partial charge in [0.05, 0.1) is 5.41 Å². The largest absolute Gasteiger partial charge is 1.00 e. The first kappa shape index (κ1) is 14.6. The maximum absolute atomic E-state index is 13.1. The second kappa shape index (κ2) is 5.17. The van der Waals surface area contributed by atoms with E-state index in [9.17, 15) is 4.79 Å². The summed E-state index contributed by atoms with van der Waals surface area (Å²) in [4.78, 5) is 17.6. The lowest BCUT2D eigenvalue weighted by Gasteiger charge is -2.57. The van der Waals surface area contributed by atoms with Gasteiger partial charge in [-0.2, -0.15) is 0 Å². The zero-order valence-electron chi connectivity index (χ0n) is 12.5. The molecule has 0 N–H and O–H groups in total. The van der Waals surface area contributed by atoms with Gasteiger partial charge in [-0.05, 0) is 63.3 Å². The monoisotopic (exact) mass is 297 g/mol. The lowest BCUT2D eigenvalue weighted by Crippen LogP contribution is -3.00. The Labute approximate surface area is 128 Å². The molecule has 114 valence electrons. The van der Waals surface area contributed by atoms with Crippen molar-refractivity contribution in [1.29, 1.82) is 0 Å². The Kier molecular flexibility index (Phi) is 3.79. The van der Waals surface area contributed by atoms with E-state index in [4.69, 9.17) is 0 Å². The van der Waals surface area contributed by atoms with Crippen LogP contribution in [0.4, 0.5) is 0 Å². The SMILES string of the molecule is CN1CCN(C(=O)C23CC4CC(CC(C4)C2)C3)CC1.[Cl-]. The summed E-state index contributed by atoms with van der Waals surface area (Å²) in [7, 11) is 2.16. The minimum absolute atomic E-state index is 0. The van der Waals surface area contributed by atoms with Gasteiger partial charge in [-0.3, -0.25) is 4.79 Å². The number of nitrogens with zero attached hydrogens (tertiary/aromatic N) is 2. The molecule has 0 radical (unpaired) electrons. The van der Waals surface area contributed by atoms with Crippen molar-refractivity contribution < 1.29 is 17.2 Å². The third kappa shape index (κ3) is 2.27. The van der Waals surface area contributed by atoms with Gasteiger partial charge in [0.1, 0.15) is 0 Å². The van der Waals surface area contributed by atoms with E-state index >= 15 is 0 Å². The summed E-state index contributed by atoms with van der Waals surface area (Å²) < 4.78 is 0. The molecule has 0 unspecified atom stereocenters. The fourth-order valence-electron chi connectivity index (χ4n) is 5.72. The van der Waals surface area contributed by atoms with Crippen LogP contribution in [0.5, 0.6) is 0 Å². The van der Waals surface area contributed by atoms with Crippen LogP contribution >= 0.6 is 0 Å². The van der Waals surface area contributed by atoms with Crippen molar-refractivity contribution in [2.24, 2.45) is 23.2 Å². The standard InChI is InChI=1S/C16H26N2O.ClH/c1-17-2-4-18(5-3-17)15(19)16-9-12-6-13(10-16)8-14(7-12)11-16;/h12-14H,2-11H2,1H3;1H/p-1. The summed E-state index contributed by atoms with van der Waals surface area (Å²) in [5, 5.41) is 0. The highest BCUT2D eigenvalue weighted by Crippen LogP contribution is 2.60. The number of carbonyl (C=O) groups is 1. The smallest absolute Gasteiger partial charge is 0.228 e. The van der Waals surface area contributed by atoms with Crippen LogP contribution in [-0.4, -0.2) is 48.9 Å². The molecule has 4 aliphatic carbocycles. The van der Waals surface area contributed by atoms with E-state index < -0.39 is 0 Å². The zero-order chi connectivity index (χ0) is 13.0. The van der Waals surface area contributed by atoms with E-state index in [0.29, 0.717) is 5.91 Å². The normalized spacial score (nSPS) is 43.5. The third-order valence-corrected chi connectivity index (χ3v) is 6.28. The number of rotatable bonds is 1. The van der Waals surface area contributed by atoms with Gasteiger partial charge in [0.2, 0.25) is 5.91 Å². The van der Waals surface area contributed by atoms with Crippen LogP contribution < -0.4 is 12.4 Å². The van der Waals surface area contributed by atoms with Crippen LogP contribution in [0.1, 0.15) is 38.5 Å². The number of likely N-dealkylation sites (N-methyl/N-ethyl adjacent to an activating group) is 1. The first-order valence-corrected chi connectivity index (χ1v) is 8.12. The summed E-state index contributed by atoms with van der Waals surface area (Å²) in [5.74, 6) is 3.16. The third-order valence-electron chi connectivity index (χ3n) is 6.28. The Balaban J connectivity index is 0.00000121. The van der Waals surface area contributed by atoms with Crippen LogP contribution in [0.15, 0.2) is 0 Å². The molecule has 0 spiro atoms. The topological polar surface area (TPSA) is 23.6 Å². The molecule has 1 heterocycles. The molecule has 0 aromatic rings. The van der Waals surface area contributed by atoms with Crippen LogP contribution in [0, 0.1) is 23.2 Å². The van der Waals surface area contributed by atoms with Crippen LogP contribution in [-0.2, 0) is 4.79 Å². The van der Waals surface area contributed by atoms with Crippen molar-refractivity contribution in [3.05, 3.63) is 0 Å². The van der Waals surface area contributed by atoms with E-state index in [-0.39, 0.29) is 17.8 Å². The van der Waals surface area contributed by atoms with Crippen LogP contribution in [0.25, 0.3) is 0 Å². The van der Waals surface area contributed by atoms with E-state index in [0.717, 1.165) is 43.9 Å². The van der Waals surface area contributed by atoms with Gasteiger partial charge < -0.3 is 22.2 Å². The molecule has 20 heavy (non-hydrogen) atoms. The van der Waals surface area contributed by atoms with Gasteiger partial charge in [-0.25, -0.2) is 0 Å². The minimum atomic E-state index is 0. The first-order valence-electron chi connectivity index (χ1n) is 8.12. The Bertz CT molecular complexity index is 355. The van der Waals surface area contributed by atoms with Crippen molar-refractivity contribution >= 4 is 5.91 Å². The second-order valence-corrected chi connectivity index (χ2v) is 7.79. The van der Waals surface area contributed by atoms with E-state index in [1.807, 2.05) is 0 Å². The Hall–Kier alpha value is -0.280. The number of amides is 1. The molecule has 0 aromatic heterocycles. The zero-order valence-corrected chi connectivity index (χ0v) is 13.2. The Morgan fingerprint density at radius 1 is 0.900 bits per heavy atom. The molecule has 0 atom stereocenters. The number of halogens is 1. The Morgan fingerprint density at radius 2 is 1.35 bits per heavy atom. The van der Waals surface area contributed by atoms with Crippen molar-refractivity contribution in [2.75, 3.05) is 33.2 Å². The number of hydrogen-bond donors (Lipinski definition) is 0. The molecule has 4 bridgehead atoms. The first-order chi connectivity index (χ1) is 9.14. The average Bonchev–Trinajstić information content (AvgIpc) is 2.37. The number of hydrogen-bond acceptors (Lipinski definition) is 2. The molecule has 1 amide bonds. The van der Waals surface area contributed by atoms with Crippen molar-refractivity contribution in [3.63, 3.8) is 0 Å². The molecular weight excluding hydrogens is 272 g/mol. The predicted octanol–water partition coefficient (Wildman–Crippen LogP) is -1.02. The van der Waals surface area contributed by atoms with Crippen molar-refractivity contribution in [1.82, 2.24) is 9.80 Å². The summed E-state index contributed by atoms with van der Waals surface area (Å²) >= 11 is 0. The van der Waals surface area contributed by atoms with Gasteiger partial charge in [-0.1, -0.05) is 0 Å². The second-order valence-electron chi connectivity index (χ2n) is 7.79. The van der Waals surface area contributed by atoms with E-state index in [1.165, 1.54) is 38.5 Å². The van der Waals surface area contributed by atoms with Gasteiger partial charge in [-0.15, -0.1) is 0 Å². The van der Waals surface area contributed by atoms with Crippen molar-refractivity contribution in [2.45, 2.75) is 38.5 Å². The molecule has 0 aromatic carbocycles. The fraction of sp³-hybridized carbons (Fsp3) is 0.938. The van der Waals surface area contributed by atoms with Crippen LogP contribution in [0.2, 0.25) is 0 Å². The van der Waals surface area contributed by atoms with E-state index in [1.54, 1.807) is 0 Å². The molecule has 4 heteroatoms. The van der Waals surface area contributed by atoms with Crippen molar-refractivity contribution in [3.8, 4) is 0 Å². The number of carbonyl (C=O) groups excluding carboxylic acids is 1. The highest BCUT2D eigenvalue weighted by atomic mass is 35.5. The maximum Gasteiger partial charge on any atom is 0.228 e. The molecule has 5 rings (SSSR count). The van der Waals surface area contributed by atoms with Crippen LogP contribution in [0.3, 0.4) is 0 Å². The highest BCUT2D eigenvalue weighted by Gasteiger charge is 2.55. The quantitative estimate of drug-likeness (QED) is 0.619. The van der Waals surface area contributed by atoms with E-state index in [2.05, 4.69) is 16.8 Å². The summed E-state index contributed by atoms with van der Waals surface area (Å²) in [6.07, 6.45) is 7.92. The molecule has 1 aliphatic heterocycles.